The van der Waals surface area contributed by atoms with Gasteiger partial charge >= 0.3 is 0 Å². The molecule has 112 valence electrons. The van der Waals surface area contributed by atoms with Gasteiger partial charge in [0.25, 0.3) is 0 Å². The minimum atomic E-state index is -0.935. The molecule has 0 saturated heterocycles. The molecule has 1 atom stereocenters. The van der Waals surface area contributed by atoms with Crippen molar-refractivity contribution < 1.29 is 19.3 Å². The first-order valence-corrected chi connectivity index (χ1v) is 6.40. The van der Waals surface area contributed by atoms with E-state index in [4.69, 9.17) is 14.2 Å². The van der Waals surface area contributed by atoms with Crippen LogP contribution >= 0.6 is 0 Å². The standard InChI is InChI=1S/C15H18N2O4/c1-19-9-10-5-4-6-11(7-10)14(18)13-15(21-3)17-12(20-2)8-16-13/h4-8,14,18H,9H2,1-3H3. The summed E-state index contributed by atoms with van der Waals surface area (Å²) in [7, 11) is 4.59. The molecular weight excluding hydrogens is 272 g/mol. The van der Waals surface area contributed by atoms with E-state index in [1.807, 2.05) is 24.3 Å². The quantitative estimate of drug-likeness (QED) is 0.873. The topological polar surface area (TPSA) is 73.7 Å². The third-order valence-electron chi connectivity index (χ3n) is 2.98. The van der Waals surface area contributed by atoms with Crippen molar-refractivity contribution in [3.63, 3.8) is 0 Å². The number of aromatic nitrogens is 2. The average Bonchev–Trinajstić information content (AvgIpc) is 2.54. The molecule has 1 aromatic carbocycles. The van der Waals surface area contributed by atoms with Crippen molar-refractivity contribution in [2.45, 2.75) is 12.7 Å². The summed E-state index contributed by atoms with van der Waals surface area (Å²) in [5, 5.41) is 10.5. The maximum absolute atomic E-state index is 10.5. The van der Waals surface area contributed by atoms with Crippen molar-refractivity contribution in [2.24, 2.45) is 0 Å². The molecule has 1 heterocycles. The Labute approximate surface area is 123 Å². The Hall–Kier alpha value is -2.18. The average molecular weight is 290 g/mol. The van der Waals surface area contributed by atoms with Crippen molar-refractivity contribution in [3.8, 4) is 11.8 Å². The highest BCUT2D eigenvalue weighted by molar-refractivity contribution is 5.34. The van der Waals surface area contributed by atoms with E-state index in [1.54, 1.807) is 7.11 Å². The van der Waals surface area contributed by atoms with Gasteiger partial charge in [-0.1, -0.05) is 24.3 Å². The summed E-state index contributed by atoms with van der Waals surface area (Å²) in [6, 6.07) is 7.46. The summed E-state index contributed by atoms with van der Waals surface area (Å²) >= 11 is 0. The van der Waals surface area contributed by atoms with Crippen LogP contribution in [0.5, 0.6) is 11.8 Å². The number of hydrogen-bond donors (Lipinski definition) is 1. The van der Waals surface area contributed by atoms with Crippen LogP contribution in [-0.2, 0) is 11.3 Å². The number of aliphatic hydroxyl groups excluding tert-OH is 1. The van der Waals surface area contributed by atoms with Gasteiger partial charge in [-0.3, -0.25) is 0 Å². The zero-order chi connectivity index (χ0) is 15.2. The van der Waals surface area contributed by atoms with Crippen LogP contribution in [0.3, 0.4) is 0 Å². The summed E-state index contributed by atoms with van der Waals surface area (Å²) < 4.78 is 15.3. The van der Waals surface area contributed by atoms with Gasteiger partial charge in [-0.15, -0.1) is 0 Å². The fraction of sp³-hybridized carbons (Fsp3) is 0.333. The van der Waals surface area contributed by atoms with Crippen LogP contribution < -0.4 is 9.47 Å². The molecule has 0 radical (unpaired) electrons. The molecule has 6 heteroatoms. The third-order valence-corrected chi connectivity index (χ3v) is 2.98. The normalized spacial score (nSPS) is 12.0. The smallest absolute Gasteiger partial charge is 0.241 e. The Balaban J connectivity index is 2.34. The molecular formula is C15H18N2O4. The second-order valence-electron chi connectivity index (χ2n) is 4.39. The number of benzene rings is 1. The highest BCUT2D eigenvalue weighted by Gasteiger charge is 2.19. The van der Waals surface area contributed by atoms with Crippen LogP contribution in [0.25, 0.3) is 0 Å². The van der Waals surface area contributed by atoms with Crippen LogP contribution in [0.2, 0.25) is 0 Å². The fourth-order valence-electron chi connectivity index (χ4n) is 1.98. The molecule has 1 unspecified atom stereocenters. The lowest BCUT2D eigenvalue weighted by Gasteiger charge is -2.14. The van der Waals surface area contributed by atoms with Gasteiger partial charge in [-0.2, -0.15) is 4.98 Å². The molecule has 0 aliphatic carbocycles. The van der Waals surface area contributed by atoms with Crippen molar-refractivity contribution in [3.05, 3.63) is 47.3 Å². The minimum absolute atomic E-state index is 0.235. The predicted octanol–water partition coefficient (Wildman–Crippen LogP) is 1.72. The van der Waals surface area contributed by atoms with E-state index in [9.17, 15) is 5.11 Å². The molecule has 0 saturated carbocycles. The van der Waals surface area contributed by atoms with Gasteiger partial charge in [0.1, 0.15) is 11.8 Å². The number of ether oxygens (including phenoxy) is 3. The van der Waals surface area contributed by atoms with E-state index in [0.717, 1.165) is 5.56 Å². The molecule has 0 fully saturated rings. The molecule has 0 bridgehead atoms. The Kier molecular flexibility index (Phi) is 5.08. The first-order chi connectivity index (χ1) is 10.2. The molecule has 1 N–H and O–H groups in total. The predicted molar refractivity (Wildman–Crippen MR) is 76.4 cm³/mol. The van der Waals surface area contributed by atoms with Gasteiger partial charge in [0, 0.05) is 7.11 Å². The molecule has 0 aliphatic rings. The van der Waals surface area contributed by atoms with E-state index < -0.39 is 6.10 Å². The van der Waals surface area contributed by atoms with Gasteiger partial charge in [0.05, 0.1) is 27.0 Å². The van der Waals surface area contributed by atoms with E-state index >= 15 is 0 Å². The number of nitrogens with zero attached hydrogens (tertiary/aromatic N) is 2. The van der Waals surface area contributed by atoms with Crippen LogP contribution in [0.15, 0.2) is 30.5 Å². The number of aliphatic hydroxyl groups is 1. The van der Waals surface area contributed by atoms with Crippen molar-refractivity contribution in [2.75, 3.05) is 21.3 Å². The zero-order valence-electron chi connectivity index (χ0n) is 12.2. The molecule has 0 spiro atoms. The first-order valence-electron chi connectivity index (χ1n) is 6.40. The maximum atomic E-state index is 10.5. The Morgan fingerprint density at radius 2 is 2.00 bits per heavy atom. The lowest BCUT2D eigenvalue weighted by atomic mass is 10.0. The molecule has 2 rings (SSSR count). The molecule has 1 aromatic heterocycles. The lowest BCUT2D eigenvalue weighted by molar-refractivity contribution is 0.183. The van der Waals surface area contributed by atoms with Crippen molar-refractivity contribution >= 4 is 0 Å². The highest BCUT2D eigenvalue weighted by Crippen LogP contribution is 2.28. The molecule has 0 aliphatic heterocycles. The van der Waals surface area contributed by atoms with Crippen molar-refractivity contribution in [1.82, 2.24) is 9.97 Å². The maximum Gasteiger partial charge on any atom is 0.241 e. The van der Waals surface area contributed by atoms with Crippen LogP contribution in [0, 0.1) is 0 Å². The Bertz CT molecular complexity index is 604. The molecule has 6 nitrogen and oxygen atoms in total. The van der Waals surface area contributed by atoms with Gasteiger partial charge < -0.3 is 19.3 Å². The largest absolute Gasteiger partial charge is 0.480 e. The summed E-state index contributed by atoms with van der Waals surface area (Å²) in [6.07, 6.45) is 0.509. The third kappa shape index (κ3) is 3.48. The first kappa shape index (κ1) is 15.2. The second kappa shape index (κ2) is 7.01. The second-order valence-corrected chi connectivity index (χ2v) is 4.39. The van der Waals surface area contributed by atoms with Crippen molar-refractivity contribution in [1.29, 1.82) is 0 Å². The molecule has 21 heavy (non-hydrogen) atoms. The summed E-state index contributed by atoms with van der Waals surface area (Å²) in [5.41, 5.74) is 2.00. The summed E-state index contributed by atoms with van der Waals surface area (Å²) in [4.78, 5) is 8.30. The van der Waals surface area contributed by atoms with E-state index in [0.29, 0.717) is 23.7 Å². The van der Waals surface area contributed by atoms with Crippen LogP contribution in [0.1, 0.15) is 22.9 Å². The van der Waals surface area contributed by atoms with E-state index in [2.05, 4.69) is 9.97 Å². The number of rotatable bonds is 6. The van der Waals surface area contributed by atoms with E-state index in [-0.39, 0.29) is 5.88 Å². The van der Waals surface area contributed by atoms with Gasteiger partial charge in [-0.05, 0) is 11.1 Å². The monoisotopic (exact) mass is 290 g/mol. The van der Waals surface area contributed by atoms with Crippen LogP contribution in [-0.4, -0.2) is 36.4 Å². The minimum Gasteiger partial charge on any atom is -0.480 e. The summed E-state index contributed by atoms with van der Waals surface area (Å²) in [6.45, 7) is 0.478. The number of methoxy groups -OCH3 is 3. The zero-order valence-corrected chi connectivity index (χ0v) is 12.2. The summed E-state index contributed by atoms with van der Waals surface area (Å²) in [5.74, 6) is 0.565. The Morgan fingerprint density at radius 3 is 2.67 bits per heavy atom. The lowest BCUT2D eigenvalue weighted by Crippen LogP contribution is -2.07. The van der Waals surface area contributed by atoms with Gasteiger partial charge in [-0.25, -0.2) is 4.98 Å². The highest BCUT2D eigenvalue weighted by atomic mass is 16.5. The molecule has 2 aromatic rings. The molecule has 0 amide bonds. The van der Waals surface area contributed by atoms with Gasteiger partial charge in [0.2, 0.25) is 11.8 Å². The van der Waals surface area contributed by atoms with E-state index in [1.165, 1.54) is 20.4 Å². The van der Waals surface area contributed by atoms with Gasteiger partial charge in [0.15, 0.2) is 0 Å². The fourth-order valence-corrected chi connectivity index (χ4v) is 1.98. The SMILES string of the molecule is COCc1cccc(C(O)c2ncc(OC)nc2OC)c1. The Morgan fingerprint density at radius 1 is 1.19 bits per heavy atom. The van der Waals surface area contributed by atoms with Crippen LogP contribution in [0.4, 0.5) is 0 Å². The number of hydrogen-bond acceptors (Lipinski definition) is 6.